The van der Waals surface area contributed by atoms with E-state index >= 15 is 0 Å². The van der Waals surface area contributed by atoms with Gasteiger partial charge in [-0.3, -0.25) is 0 Å². The van der Waals surface area contributed by atoms with Crippen LogP contribution in [0.15, 0.2) is 53.4 Å². The lowest BCUT2D eigenvalue weighted by Gasteiger charge is -2.06. The van der Waals surface area contributed by atoms with Gasteiger partial charge in [0.25, 0.3) is 0 Å². The number of anilines is 1. The maximum atomic E-state index is 10.9. The lowest BCUT2D eigenvalue weighted by Crippen LogP contribution is -1.97. The fourth-order valence-electron chi connectivity index (χ4n) is 1.36. The second-order valence-electron chi connectivity index (χ2n) is 3.52. The second-order valence-corrected chi connectivity index (χ2v) is 4.80. The van der Waals surface area contributed by atoms with Gasteiger partial charge in [0.05, 0.1) is 10.6 Å². The standard InChI is InChI=1S/C13H10ClNO2S/c14-12-7-6-10(8-11(12)13(16)17)18-15-9-4-2-1-3-5-9/h1-8,15H,(H,16,17). The molecule has 0 aromatic heterocycles. The minimum Gasteiger partial charge on any atom is -0.478 e. The summed E-state index contributed by atoms with van der Waals surface area (Å²) in [6, 6.07) is 14.5. The Morgan fingerprint density at radius 1 is 1.17 bits per heavy atom. The quantitative estimate of drug-likeness (QED) is 0.825. The summed E-state index contributed by atoms with van der Waals surface area (Å²) in [7, 11) is 0. The average Bonchev–Trinajstić information content (AvgIpc) is 2.38. The number of benzene rings is 2. The van der Waals surface area contributed by atoms with Crippen molar-refractivity contribution < 1.29 is 9.90 Å². The number of carbonyl (C=O) groups is 1. The maximum absolute atomic E-state index is 10.9. The molecule has 2 rings (SSSR count). The molecule has 2 aromatic rings. The van der Waals surface area contributed by atoms with Gasteiger partial charge in [0, 0.05) is 10.6 Å². The number of carboxylic acids is 1. The highest BCUT2D eigenvalue weighted by molar-refractivity contribution is 8.00. The number of halogens is 1. The highest BCUT2D eigenvalue weighted by Crippen LogP contribution is 2.25. The molecule has 0 bridgehead atoms. The van der Waals surface area contributed by atoms with E-state index in [9.17, 15) is 4.79 Å². The summed E-state index contributed by atoms with van der Waals surface area (Å²) in [5.41, 5.74) is 1.06. The smallest absolute Gasteiger partial charge is 0.337 e. The van der Waals surface area contributed by atoms with Crippen LogP contribution in [0.25, 0.3) is 0 Å². The molecule has 0 aliphatic carbocycles. The van der Waals surface area contributed by atoms with Gasteiger partial charge in [-0.25, -0.2) is 4.79 Å². The van der Waals surface area contributed by atoms with Gasteiger partial charge in [-0.05, 0) is 42.3 Å². The lowest BCUT2D eigenvalue weighted by molar-refractivity contribution is 0.0697. The van der Waals surface area contributed by atoms with Crippen LogP contribution in [0.5, 0.6) is 0 Å². The topological polar surface area (TPSA) is 49.3 Å². The van der Waals surface area contributed by atoms with Gasteiger partial charge in [0.1, 0.15) is 0 Å². The van der Waals surface area contributed by atoms with Crippen molar-refractivity contribution in [2.75, 3.05) is 4.72 Å². The van der Waals surface area contributed by atoms with E-state index in [1.54, 1.807) is 18.2 Å². The molecular weight excluding hydrogens is 270 g/mol. The molecule has 0 amide bonds. The Hall–Kier alpha value is -1.65. The zero-order chi connectivity index (χ0) is 13.0. The molecule has 2 N–H and O–H groups in total. The molecule has 0 aliphatic rings. The molecule has 0 aliphatic heterocycles. The highest BCUT2D eigenvalue weighted by atomic mass is 35.5. The summed E-state index contributed by atoms with van der Waals surface area (Å²) < 4.78 is 3.13. The van der Waals surface area contributed by atoms with Crippen molar-refractivity contribution in [3.05, 3.63) is 59.1 Å². The van der Waals surface area contributed by atoms with Crippen molar-refractivity contribution in [3.63, 3.8) is 0 Å². The zero-order valence-electron chi connectivity index (χ0n) is 9.26. The summed E-state index contributed by atoms with van der Waals surface area (Å²) >= 11 is 7.14. The van der Waals surface area contributed by atoms with Crippen molar-refractivity contribution >= 4 is 35.2 Å². The maximum Gasteiger partial charge on any atom is 0.337 e. The van der Waals surface area contributed by atoms with Gasteiger partial charge in [0.15, 0.2) is 0 Å². The minimum atomic E-state index is -1.03. The Morgan fingerprint density at radius 3 is 2.56 bits per heavy atom. The van der Waals surface area contributed by atoms with Crippen LogP contribution < -0.4 is 4.72 Å². The number of aromatic carboxylic acids is 1. The third kappa shape index (κ3) is 3.18. The Labute approximate surface area is 114 Å². The molecule has 0 radical (unpaired) electrons. The summed E-state index contributed by atoms with van der Waals surface area (Å²) in [5.74, 6) is -1.03. The largest absolute Gasteiger partial charge is 0.478 e. The molecule has 92 valence electrons. The SMILES string of the molecule is O=C(O)c1cc(SNc2ccccc2)ccc1Cl. The molecule has 0 atom stereocenters. The predicted octanol–water partition coefficient (Wildman–Crippen LogP) is 4.16. The van der Waals surface area contributed by atoms with Crippen molar-refractivity contribution in [1.29, 1.82) is 0 Å². The number of rotatable bonds is 4. The van der Waals surface area contributed by atoms with Crippen LogP contribution >= 0.6 is 23.5 Å². The number of carboxylic acid groups (broad SMARTS) is 1. The van der Waals surface area contributed by atoms with Crippen LogP contribution in [0, 0.1) is 0 Å². The molecule has 5 heteroatoms. The van der Waals surface area contributed by atoms with Crippen molar-refractivity contribution in [2.45, 2.75) is 4.90 Å². The van der Waals surface area contributed by atoms with E-state index in [-0.39, 0.29) is 10.6 Å². The summed E-state index contributed by atoms with van der Waals surface area (Å²) in [6.45, 7) is 0. The zero-order valence-corrected chi connectivity index (χ0v) is 10.8. The van der Waals surface area contributed by atoms with E-state index in [0.29, 0.717) is 0 Å². The Kier molecular flexibility index (Phi) is 4.12. The summed E-state index contributed by atoms with van der Waals surface area (Å²) in [4.78, 5) is 11.7. The van der Waals surface area contributed by atoms with E-state index in [1.165, 1.54) is 11.9 Å². The third-order valence-electron chi connectivity index (χ3n) is 2.23. The predicted molar refractivity (Wildman–Crippen MR) is 74.3 cm³/mol. The molecule has 2 aromatic carbocycles. The molecule has 0 spiro atoms. The highest BCUT2D eigenvalue weighted by Gasteiger charge is 2.09. The van der Waals surface area contributed by atoms with E-state index in [4.69, 9.17) is 16.7 Å². The fraction of sp³-hybridized carbons (Fsp3) is 0. The molecule has 18 heavy (non-hydrogen) atoms. The first-order valence-corrected chi connectivity index (χ1v) is 6.37. The first-order chi connectivity index (χ1) is 8.66. The van der Waals surface area contributed by atoms with Crippen LogP contribution in [-0.4, -0.2) is 11.1 Å². The Bertz CT molecular complexity index is 560. The third-order valence-corrected chi connectivity index (χ3v) is 3.39. The monoisotopic (exact) mass is 279 g/mol. The van der Waals surface area contributed by atoms with Crippen LogP contribution in [0.3, 0.4) is 0 Å². The molecule has 0 saturated heterocycles. The van der Waals surface area contributed by atoms with Gasteiger partial charge >= 0.3 is 5.97 Å². The van der Waals surface area contributed by atoms with Gasteiger partial charge < -0.3 is 9.83 Å². The fourth-order valence-corrected chi connectivity index (χ4v) is 2.24. The lowest BCUT2D eigenvalue weighted by atomic mass is 10.2. The first-order valence-electron chi connectivity index (χ1n) is 5.17. The molecular formula is C13H10ClNO2S. The molecule has 0 heterocycles. The van der Waals surface area contributed by atoms with Gasteiger partial charge in [0.2, 0.25) is 0 Å². The number of hydrogen-bond acceptors (Lipinski definition) is 3. The van der Waals surface area contributed by atoms with Gasteiger partial charge in [-0.2, -0.15) is 0 Å². The molecule has 3 nitrogen and oxygen atoms in total. The number of hydrogen-bond donors (Lipinski definition) is 2. The van der Waals surface area contributed by atoms with E-state index in [1.807, 2.05) is 30.3 Å². The van der Waals surface area contributed by atoms with Crippen LogP contribution in [0.4, 0.5) is 5.69 Å². The second kappa shape index (κ2) is 5.80. The normalized spacial score (nSPS) is 10.1. The Balaban J connectivity index is 2.11. The van der Waals surface area contributed by atoms with Gasteiger partial charge in [-0.15, -0.1) is 0 Å². The first kappa shape index (κ1) is 12.8. The van der Waals surface area contributed by atoms with Crippen molar-refractivity contribution in [1.82, 2.24) is 0 Å². The van der Waals surface area contributed by atoms with E-state index < -0.39 is 5.97 Å². The van der Waals surface area contributed by atoms with Crippen LogP contribution in [-0.2, 0) is 0 Å². The Morgan fingerprint density at radius 2 is 1.89 bits per heavy atom. The average molecular weight is 280 g/mol. The number of nitrogens with one attached hydrogen (secondary N) is 1. The molecule has 0 fully saturated rings. The van der Waals surface area contributed by atoms with E-state index in [2.05, 4.69) is 4.72 Å². The summed E-state index contributed by atoms with van der Waals surface area (Å²) in [6.07, 6.45) is 0. The molecule has 0 unspecified atom stereocenters. The van der Waals surface area contributed by atoms with E-state index in [0.717, 1.165) is 10.6 Å². The minimum absolute atomic E-state index is 0.108. The van der Waals surface area contributed by atoms with Crippen molar-refractivity contribution in [2.24, 2.45) is 0 Å². The van der Waals surface area contributed by atoms with Crippen LogP contribution in [0.1, 0.15) is 10.4 Å². The molecule has 0 saturated carbocycles. The summed E-state index contributed by atoms with van der Waals surface area (Å²) in [5, 5.41) is 9.20. The van der Waals surface area contributed by atoms with Crippen LogP contribution in [0.2, 0.25) is 5.02 Å². The number of para-hydroxylation sites is 1. The van der Waals surface area contributed by atoms with Crippen molar-refractivity contribution in [3.8, 4) is 0 Å². The van der Waals surface area contributed by atoms with Gasteiger partial charge in [-0.1, -0.05) is 29.8 Å².